The Labute approximate surface area is 179 Å². The summed E-state index contributed by atoms with van der Waals surface area (Å²) in [5.74, 6) is -0.349. The second-order valence-corrected chi connectivity index (χ2v) is 8.12. The number of nitrogens with one attached hydrogen (secondary N) is 2. The van der Waals surface area contributed by atoms with Crippen LogP contribution in [0.3, 0.4) is 0 Å². The minimum atomic E-state index is -0.658. The van der Waals surface area contributed by atoms with Crippen LogP contribution in [0, 0.1) is 5.82 Å². The van der Waals surface area contributed by atoms with Crippen molar-refractivity contribution in [2.75, 3.05) is 10.6 Å². The standard InChI is InChI=1S/C25H20ClFN2O/c26-17-9-6-10-18(27)23(17)25-24-21(28-19-11-4-5-12-20(19)29-25)13-16(14-22(24)30)15-7-2-1-3-8-15/h1-12,16,25,28-29H,13-14H2/t16-,25-/m1/s1. The van der Waals surface area contributed by atoms with Gasteiger partial charge < -0.3 is 10.6 Å². The SMILES string of the molecule is O=C1C[C@H](c2ccccc2)CC2=C1[C@@H](c1c(F)cccc1Cl)Nc1ccccc1N2. The van der Waals surface area contributed by atoms with Gasteiger partial charge in [0, 0.05) is 28.3 Å². The molecule has 0 aromatic heterocycles. The fraction of sp³-hybridized carbons (Fsp3) is 0.160. The minimum Gasteiger partial charge on any atom is -0.372 e. The molecule has 2 atom stereocenters. The molecule has 3 nitrogen and oxygen atoms in total. The van der Waals surface area contributed by atoms with Gasteiger partial charge in [-0.2, -0.15) is 0 Å². The molecule has 0 amide bonds. The van der Waals surface area contributed by atoms with Crippen LogP contribution in [-0.4, -0.2) is 5.78 Å². The number of benzene rings is 3. The van der Waals surface area contributed by atoms with E-state index in [9.17, 15) is 9.18 Å². The number of carbonyl (C=O) groups excluding carboxylic acids is 1. The number of fused-ring (bicyclic) bond motifs is 1. The third-order valence-corrected chi connectivity index (χ3v) is 6.20. The van der Waals surface area contributed by atoms with Gasteiger partial charge in [0.2, 0.25) is 0 Å². The monoisotopic (exact) mass is 418 g/mol. The Balaban J connectivity index is 1.66. The van der Waals surface area contributed by atoms with Crippen LogP contribution >= 0.6 is 11.6 Å². The summed E-state index contributed by atoms with van der Waals surface area (Å²) in [6, 6.07) is 21.7. The van der Waals surface area contributed by atoms with Crippen LogP contribution in [0.4, 0.5) is 15.8 Å². The highest BCUT2D eigenvalue weighted by molar-refractivity contribution is 6.31. The molecule has 0 fully saturated rings. The van der Waals surface area contributed by atoms with Crippen LogP contribution in [0.1, 0.15) is 35.9 Å². The van der Waals surface area contributed by atoms with Crippen LogP contribution in [0.2, 0.25) is 5.02 Å². The highest BCUT2D eigenvalue weighted by atomic mass is 35.5. The zero-order valence-electron chi connectivity index (χ0n) is 16.2. The topological polar surface area (TPSA) is 41.1 Å². The van der Waals surface area contributed by atoms with E-state index < -0.39 is 11.9 Å². The van der Waals surface area contributed by atoms with Crippen molar-refractivity contribution in [2.45, 2.75) is 24.8 Å². The maximum absolute atomic E-state index is 14.9. The number of halogens is 2. The average molecular weight is 419 g/mol. The van der Waals surface area contributed by atoms with E-state index in [1.54, 1.807) is 12.1 Å². The lowest BCUT2D eigenvalue weighted by Crippen LogP contribution is -2.27. The van der Waals surface area contributed by atoms with Gasteiger partial charge in [-0.15, -0.1) is 0 Å². The Hall–Kier alpha value is -3.11. The molecule has 0 bridgehead atoms. The van der Waals surface area contributed by atoms with Crippen molar-refractivity contribution in [3.63, 3.8) is 0 Å². The highest BCUT2D eigenvalue weighted by Gasteiger charge is 2.37. The first-order chi connectivity index (χ1) is 14.6. The molecule has 0 radical (unpaired) electrons. The number of para-hydroxylation sites is 2. The normalized spacial score (nSPS) is 20.5. The van der Waals surface area contributed by atoms with Gasteiger partial charge in [0.15, 0.2) is 5.78 Å². The number of anilines is 2. The molecule has 0 spiro atoms. The molecule has 150 valence electrons. The molecule has 0 saturated carbocycles. The second-order valence-electron chi connectivity index (χ2n) is 7.71. The minimum absolute atomic E-state index is 0.00206. The van der Waals surface area contributed by atoms with Crippen LogP contribution in [0.5, 0.6) is 0 Å². The van der Waals surface area contributed by atoms with Crippen LogP contribution in [0.15, 0.2) is 84.1 Å². The number of Topliss-reactive ketones (excluding diaryl/α,β-unsaturated/α-hetero) is 1. The van der Waals surface area contributed by atoms with Crippen molar-refractivity contribution in [3.05, 3.63) is 106 Å². The number of rotatable bonds is 2. The summed E-state index contributed by atoms with van der Waals surface area (Å²) < 4.78 is 14.9. The summed E-state index contributed by atoms with van der Waals surface area (Å²) in [6.07, 6.45) is 1.05. The summed E-state index contributed by atoms with van der Waals surface area (Å²) in [4.78, 5) is 13.4. The fourth-order valence-electron chi connectivity index (χ4n) is 4.46. The molecular weight excluding hydrogens is 399 g/mol. The Kier molecular flexibility index (Phi) is 4.80. The summed E-state index contributed by atoms with van der Waals surface area (Å²) >= 11 is 6.41. The van der Waals surface area contributed by atoms with Gasteiger partial charge in [0.25, 0.3) is 0 Å². The smallest absolute Gasteiger partial charge is 0.163 e. The fourth-order valence-corrected chi connectivity index (χ4v) is 4.73. The van der Waals surface area contributed by atoms with Gasteiger partial charge in [0.1, 0.15) is 5.82 Å². The molecule has 3 aromatic rings. The predicted molar refractivity (Wildman–Crippen MR) is 118 cm³/mol. The van der Waals surface area contributed by atoms with Crippen LogP contribution in [-0.2, 0) is 4.79 Å². The molecule has 1 aliphatic carbocycles. The van der Waals surface area contributed by atoms with Crippen molar-refractivity contribution in [3.8, 4) is 0 Å². The Morgan fingerprint density at radius 3 is 2.37 bits per heavy atom. The zero-order valence-corrected chi connectivity index (χ0v) is 16.9. The summed E-state index contributed by atoms with van der Waals surface area (Å²) in [6.45, 7) is 0. The summed E-state index contributed by atoms with van der Waals surface area (Å²) in [5, 5.41) is 7.14. The number of ketones is 1. The van der Waals surface area contributed by atoms with Gasteiger partial charge >= 0.3 is 0 Å². The van der Waals surface area contributed by atoms with Gasteiger partial charge in [0.05, 0.1) is 17.4 Å². The molecule has 5 heteroatoms. The van der Waals surface area contributed by atoms with Gasteiger partial charge in [-0.05, 0) is 42.2 Å². The van der Waals surface area contributed by atoms with Crippen molar-refractivity contribution in [1.29, 1.82) is 0 Å². The quantitative estimate of drug-likeness (QED) is 0.501. The molecule has 2 N–H and O–H groups in total. The first kappa shape index (κ1) is 18.9. The molecule has 0 saturated heterocycles. The Morgan fingerprint density at radius 1 is 0.867 bits per heavy atom. The first-order valence-corrected chi connectivity index (χ1v) is 10.4. The van der Waals surface area contributed by atoms with E-state index in [4.69, 9.17) is 11.6 Å². The number of hydrogen-bond donors (Lipinski definition) is 2. The van der Waals surface area contributed by atoms with Crippen molar-refractivity contribution in [1.82, 2.24) is 0 Å². The maximum Gasteiger partial charge on any atom is 0.163 e. The number of carbonyl (C=O) groups is 1. The average Bonchev–Trinajstić information content (AvgIpc) is 2.91. The van der Waals surface area contributed by atoms with E-state index in [1.165, 1.54) is 6.07 Å². The molecule has 5 rings (SSSR count). The van der Waals surface area contributed by atoms with E-state index in [0.29, 0.717) is 29.0 Å². The van der Waals surface area contributed by atoms with E-state index >= 15 is 0 Å². The number of hydrogen-bond acceptors (Lipinski definition) is 3. The molecule has 3 aromatic carbocycles. The predicted octanol–water partition coefficient (Wildman–Crippen LogP) is 6.46. The molecular formula is C25H20ClFN2O. The number of allylic oxidation sites excluding steroid dienone is 1. The third-order valence-electron chi connectivity index (χ3n) is 5.87. The van der Waals surface area contributed by atoms with Crippen LogP contribution in [0.25, 0.3) is 0 Å². The van der Waals surface area contributed by atoms with Gasteiger partial charge in [-0.3, -0.25) is 4.79 Å². The molecule has 30 heavy (non-hydrogen) atoms. The largest absolute Gasteiger partial charge is 0.372 e. The molecule has 1 heterocycles. The van der Waals surface area contributed by atoms with E-state index in [2.05, 4.69) is 22.8 Å². The summed E-state index contributed by atoms with van der Waals surface area (Å²) in [5.41, 5.74) is 4.48. The van der Waals surface area contributed by atoms with E-state index in [0.717, 1.165) is 22.6 Å². The molecule has 0 unspecified atom stereocenters. The van der Waals surface area contributed by atoms with Gasteiger partial charge in [-0.1, -0.05) is 60.1 Å². The lowest BCUT2D eigenvalue weighted by Gasteiger charge is -2.30. The maximum atomic E-state index is 14.9. The van der Waals surface area contributed by atoms with Gasteiger partial charge in [-0.25, -0.2) is 4.39 Å². The Morgan fingerprint density at radius 2 is 1.60 bits per heavy atom. The molecule has 1 aliphatic heterocycles. The zero-order chi connectivity index (χ0) is 20.7. The lowest BCUT2D eigenvalue weighted by molar-refractivity contribution is -0.116. The first-order valence-electron chi connectivity index (χ1n) is 9.99. The van der Waals surface area contributed by atoms with Crippen molar-refractivity contribution in [2.24, 2.45) is 0 Å². The van der Waals surface area contributed by atoms with E-state index in [-0.39, 0.29) is 11.7 Å². The van der Waals surface area contributed by atoms with Crippen LogP contribution < -0.4 is 10.6 Å². The van der Waals surface area contributed by atoms with Crippen molar-refractivity contribution < 1.29 is 9.18 Å². The lowest BCUT2D eigenvalue weighted by atomic mass is 9.78. The van der Waals surface area contributed by atoms with Crippen molar-refractivity contribution >= 4 is 28.8 Å². The van der Waals surface area contributed by atoms with E-state index in [1.807, 2.05) is 42.5 Å². The Bertz CT molecular complexity index is 1140. The third kappa shape index (κ3) is 3.27. The summed E-state index contributed by atoms with van der Waals surface area (Å²) in [7, 11) is 0. The molecule has 2 aliphatic rings. The highest BCUT2D eigenvalue weighted by Crippen LogP contribution is 2.45. The second kappa shape index (κ2) is 7.62.